The lowest BCUT2D eigenvalue weighted by molar-refractivity contribution is -0.114. The number of amides is 1. The Bertz CT molecular complexity index is 1210. The van der Waals surface area contributed by atoms with Crippen molar-refractivity contribution < 1.29 is 22.7 Å². The van der Waals surface area contributed by atoms with Gasteiger partial charge in [-0.1, -0.05) is 35.9 Å². The zero-order valence-corrected chi connectivity index (χ0v) is 19.3. The monoisotopic (exact) mass is 454 g/mol. The van der Waals surface area contributed by atoms with Crippen LogP contribution >= 0.6 is 0 Å². The van der Waals surface area contributed by atoms with Gasteiger partial charge < -0.3 is 14.8 Å². The Morgan fingerprint density at radius 1 is 0.938 bits per heavy atom. The lowest BCUT2D eigenvalue weighted by Gasteiger charge is -2.26. The zero-order valence-electron chi connectivity index (χ0n) is 18.5. The number of anilines is 2. The van der Waals surface area contributed by atoms with Crippen molar-refractivity contribution in [1.29, 1.82) is 0 Å². The Kier molecular flexibility index (Phi) is 7.05. The highest BCUT2D eigenvalue weighted by Crippen LogP contribution is 2.35. The number of sulfonamides is 1. The minimum absolute atomic E-state index is 0.0668. The topological polar surface area (TPSA) is 84.9 Å². The van der Waals surface area contributed by atoms with Crippen LogP contribution in [-0.2, 0) is 14.8 Å². The standard InChI is InChI=1S/C24H26N2O5S/c1-17-10-12-21(18(2)14-17)25-24(27)16-26(32(28,29)20-8-6-5-7-9-20)22-13-11-19(30-3)15-23(22)31-4/h5-15H,16H2,1-4H3,(H,25,27). The number of nitrogens with zero attached hydrogens (tertiary/aromatic N) is 1. The number of ether oxygens (including phenoxy) is 2. The maximum Gasteiger partial charge on any atom is 0.264 e. The highest BCUT2D eigenvalue weighted by Gasteiger charge is 2.29. The molecular weight excluding hydrogens is 428 g/mol. The molecule has 0 bridgehead atoms. The van der Waals surface area contributed by atoms with E-state index in [2.05, 4.69) is 5.32 Å². The van der Waals surface area contributed by atoms with Gasteiger partial charge in [0.2, 0.25) is 5.91 Å². The van der Waals surface area contributed by atoms with Crippen molar-refractivity contribution in [3.05, 3.63) is 77.9 Å². The van der Waals surface area contributed by atoms with Gasteiger partial charge >= 0.3 is 0 Å². The molecule has 7 nitrogen and oxygen atoms in total. The van der Waals surface area contributed by atoms with Crippen LogP contribution in [0.3, 0.4) is 0 Å². The number of aryl methyl sites for hydroxylation is 2. The summed E-state index contributed by atoms with van der Waals surface area (Å²) in [5.74, 6) is 0.292. The van der Waals surface area contributed by atoms with Gasteiger partial charge in [-0.15, -0.1) is 0 Å². The molecule has 1 amide bonds. The molecule has 0 spiro atoms. The van der Waals surface area contributed by atoms with Crippen LogP contribution in [-0.4, -0.2) is 35.1 Å². The number of hydrogen-bond acceptors (Lipinski definition) is 5. The van der Waals surface area contributed by atoms with Gasteiger partial charge in [-0.2, -0.15) is 0 Å². The van der Waals surface area contributed by atoms with E-state index in [0.717, 1.165) is 15.4 Å². The Morgan fingerprint density at radius 2 is 1.66 bits per heavy atom. The van der Waals surface area contributed by atoms with Crippen molar-refractivity contribution >= 4 is 27.3 Å². The van der Waals surface area contributed by atoms with Crippen LogP contribution in [0.15, 0.2) is 71.6 Å². The average molecular weight is 455 g/mol. The van der Waals surface area contributed by atoms with Crippen molar-refractivity contribution in [2.75, 3.05) is 30.4 Å². The molecule has 168 valence electrons. The number of rotatable bonds is 8. The van der Waals surface area contributed by atoms with E-state index in [0.29, 0.717) is 11.4 Å². The van der Waals surface area contributed by atoms with Gasteiger partial charge in [0.15, 0.2) is 0 Å². The summed E-state index contributed by atoms with van der Waals surface area (Å²) in [5, 5.41) is 2.81. The van der Waals surface area contributed by atoms with Crippen LogP contribution < -0.4 is 19.1 Å². The van der Waals surface area contributed by atoms with Crippen molar-refractivity contribution in [3.63, 3.8) is 0 Å². The van der Waals surface area contributed by atoms with E-state index >= 15 is 0 Å². The van der Waals surface area contributed by atoms with E-state index in [4.69, 9.17) is 9.47 Å². The van der Waals surface area contributed by atoms with Gasteiger partial charge in [-0.25, -0.2) is 8.42 Å². The molecule has 0 fully saturated rings. The molecular formula is C24H26N2O5S. The second kappa shape index (κ2) is 9.74. The van der Waals surface area contributed by atoms with Gasteiger partial charge in [0.1, 0.15) is 18.0 Å². The van der Waals surface area contributed by atoms with Crippen LogP contribution in [0.4, 0.5) is 11.4 Å². The highest BCUT2D eigenvalue weighted by atomic mass is 32.2. The van der Waals surface area contributed by atoms with Crippen LogP contribution in [0.5, 0.6) is 11.5 Å². The normalized spacial score (nSPS) is 11.0. The van der Waals surface area contributed by atoms with E-state index in [1.54, 1.807) is 42.5 Å². The molecule has 0 aliphatic heterocycles. The van der Waals surface area contributed by atoms with E-state index in [1.165, 1.54) is 26.4 Å². The largest absolute Gasteiger partial charge is 0.497 e. The molecule has 0 atom stereocenters. The molecule has 32 heavy (non-hydrogen) atoms. The van der Waals surface area contributed by atoms with Crippen molar-refractivity contribution in [3.8, 4) is 11.5 Å². The Hall–Kier alpha value is -3.52. The summed E-state index contributed by atoms with van der Waals surface area (Å²) < 4.78 is 38.7. The molecule has 3 aromatic carbocycles. The summed E-state index contributed by atoms with van der Waals surface area (Å²) in [6, 6.07) is 18.3. The minimum atomic E-state index is -4.06. The smallest absolute Gasteiger partial charge is 0.264 e. The summed E-state index contributed by atoms with van der Waals surface area (Å²) in [6.45, 7) is 3.41. The third-order valence-corrected chi connectivity index (χ3v) is 6.70. The van der Waals surface area contributed by atoms with Gasteiger partial charge in [0, 0.05) is 11.8 Å². The molecule has 3 aromatic rings. The summed E-state index contributed by atoms with van der Waals surface area (Å²) >= 11 is 0. The van der Waals surface area contributed by atoms with Crippen LogP contribution in [0.25, 0.3) is 0 Å². The fourth-order valence-electron chi connectivity index (χ4n) is 3.28. The maximum atomic E-state index is 13.5. The van der Waals surface area contributed by atoms with E-state index in [9.17, 15) is 13.2 Å². The molecule has 1 N–H and O–H groups in total. The number of nitrogens with one attached hydrogen (secondary N) is 1. The lowest BCUT2D eigenvalue weighted by Crippen LogP contribution is -2.38. The van der Waals surface area contributed by atoms with Gasteiger partial charge in [0.05, 0.1) is 24.8 Å². The fourth-order valence-corrected chi connectivity index (χ4v) is 4.74. The average Bonchev–Trinajstić information content (AvgIpc) is 2.79. The molecule has 0 saturated heterocycles. The second-order valence-corrected chi connectivity index (χ2v) is 9.09. The maximum absolute atomic E-state index is 13.5. The van der Waals surface area contributed by atoms with E-state index in [-0.39, 0.29) is 16.3 Å². The minimum Gasteiger partial charge on any atom is -0.497 e. The van der Waals surface area contributed by atoms with Crippen molar-refractivity contribution in [2.45, 2.75) is 18.7 Å². The lowest BCUT2D eigenvalue weighted by atomic mass is 10.1. The molecule has 0 aliphatic carbocycles. The summed E-state index contributed by atoms with van der Waals surface area (Å²) in [5.41, 5.74) is 2.81. The van der Waals surface area contributed by atoms with Gasteiger partial charge in [-0.3, -0.25) is 9.10 Å². The Morgan fingerprint density at radius 3 is 2.28 bits per heavy atom. The predicted molar refractivity (Wildman–Crippen MR) is 125 cm³/mol. The third kappa shape index (κ3) is 5.03. The molecule has 0 aromatic heterocycles. The van der Waals surface area contributed by atoms with Crippen LogP contribution in [0, 0.1) is 13.8 Å². The SMILES string of the molecule is COc1ccc(N(CC(=O)Nc2ccc(C)cc2C)S(=O)(=O)c2ccccc2)c(OC)c1. The number of benzene rings is 3. The van der Waals surface area contributed by atoms with Gasteiger partial charge in [0.25, 0.3) is 10.0 Å². The molecule has 8 heteroatoms. The molecule has 0 saturated carbocycles. The summed E-state index contributed by atoms with van der Waals surface area (Å²) in [4.78, 5) is 13.0. The predicted octanol–water partition coefficient (Wildman–Crippen LogP) is 4.15. The zero-order chi connectivity index (χ0) is 23.3. The number of hydrogen-bond donors (Lipinski definition) is 1. The molecule has 0 heterocycles. The van der Waals surface area contributed by atoms with Crippen LogP contribution in [0.2, 0.25) is 0 Å². The first kappa shape index (κ1) is 23.1. The third-order valence-electron chi connectivity index (χ3n) is 4.93. The summed E-state index contributed by atoms with van der Waals surface area (Å²) in [6.07, 6.45) is 0. The first-order chi connectivity index (χ1) is 15.3. The summed E-state index contributed by atoms with van der Waals surface area (Å²) in [7, 11) is -1.12. The second-order valence-electron chi connectivity index (χ2n) is 7.23. The molecule has 0 unspecified atom stereocenters. The van der Waals surface area contributed by atoms with Gasteiger partial charge in [-0.05, 0) is 49.7 Å². The van der Waals surface area contributed by atoms with Crippen molar-refractivity contribution in [1.82, 2.24) is 0 Å². The number of carbonyl (C=O) groups excluding carboxylic acids is 1. The number of carbonyl (C=O) groups is 1. The van der Waals surface area contributed by atoms with Crippen molar-refractivity contribution in [2.24, 2.45) is 0 Å². The Balaban J connectivity index is 2.02. The van der Waals surface area contributed by atoms with Crippen LogP contribution in [0.1, 0.15) is 11.1 Å². The van der Waals surface area contributed by atoms with E-state index in [1.807, 2.05) is 26.0 Å². The molecule has 0 radical (unpaired) electrons. The quantitative estimate of drug-likeness (QED) is 0.553. The highest BCUT2D eigenvalue weighted by molar-refractivity contribution is 7.92. The Labute approximate surface area is 188 Å². The number of methoxy groups -OCH3 is 2. The first-order valence-electron chi connectivity index (χ1n) is 9.93. The molecule has 3 rings (SSSR count). The first-order valence-corrected chi connectivity index (χ1v) is 11.4. The molecule has 0 aliphatic rings. The van der Waals surface area contributed by atoms with E-state index < -0.39 is 22.5 Å². The fraction of sp³-hybridized carbons (Fsp3) is 0.208.